The topological polar surface area (TPSA) is 71.1 Å². The summed E-state index contributed by atoms with van der Waals surface area (Å²) < 4.78 is 27.4. The Hall–Kier alpha value is -1.14. The third-order valence-corrected chi connectivity index (χ3v) is 4.76. The van der Waals surface area contributed by atoms with Gasteiger partial charge in [-0.25, -0.2) is 18.1 Å². The minimum atomic E-state index is -3.48. The van der Waals surface area contributed by atoms with Gasteiger partial charge < -0.3 is 5.32 Å². The molecule has 0 saturated heterocycles. The molecule has 1 aromatic rings. The van der Waals surface area contributed by atoms with Crippen LogP contribution in [0.25, 0.3) is 0 Å². The summed E-state index contributed by atoms with van der Waals surface area (Å²) >= 11 is 0. The molecule has 120 valence electrons. The number of rotatable bonds is 9. The summed E-state index contributed by atoms with van der Waals surface area (Å²) in [5.41, 5.74) is 0. The van der Waals surface area contributed by atoms with Gasteiger partial charge in [0, 0.05) is 24.8 Å². The van der Waals surface area contributed by atoms with Gasteiger partial charge >= 0.3 is 0 Å². The number of pyridine rings is 1. The van der Waals surface area contributed by atoms with Crippen molar-refractivity contribution in [2.75, 3.05) is 11.9 Å². The fraction of sp³-hybridized carbons (Fsp3) is 0.667. The molecule has 1 unspecified atom stereocenters. The molecule has 2 N–H and O–H groups in total. The lowest BCUT2D eigenvalue weighted by atomic mass is 10.0. The molecule has 0 amide bonds. The SMILES string of the molecule is CCNc1cc(S(=O)(=O)NC(C)CCCC(C)C)ccn1. The van der Waals surface area contributed by atoms with E-state index in [1.54, 1.807) is 6.07 Å². The lowest BCUT2D eigenvalue weighted by molar-refractivity contribution is 0.488. The van der Waals surface area contributed by atoms with Gasteiger partial charge in [0.1, 0.15) is 5.82 Å². The number of hydrogen-bond donors (Lipinski definition) is 2. The summed E-state index contributed by atoms with van der Waals surface area (Å²) in [6, 6.07) is 3.01. The van der Waals surface area contributed by atoms with Crippen molar-refractivity contribution in [1.82, 2.24) is 9.71 Å². The highest BCUT2D eigenvalue weighted by Gasteiger charge is 2.17. The zero-order valence-corrected chi connectivity index (χ0v) is 14.2. The number of sulfonamides is 1. The molecule has 21 heavy (non-hydrogen) atoms. The lowest BCUT2D eigenvalue weighted by Gasteiger charge is -2.15. The zero-order chi connectivity index (χ0) is 15.9. The summed E-state index contributed by atoms with van der Waals surface area (Å²) in [5, 5.41) is 3.02. The van der Waals surface area contributed by atoms with Gasteiger partial charge in [0.15, 0.2) is 0 Å². The zero-order valence-electron chi connectivity index (χ0n) is 13.4. The van der Waals surface area contributed by atoms with Crippen LogP contribution in [-0.4, -0.2) is 26.0 Å². The highest BCUT2D eigenvalue weighted by molar-refractivity contribution is 7.89. The van der Waals surface area contributed by atoms with Gasteiger partial charge in [-0.05, 0) is 32.3 Å². The van der Waals surface area contributed by atoms with E-state index in [-0.39, 0.29) is 10.9 Å². The van der Waals surface area contributed by atoms with Crippen LogP contribution in [0.2, 0.25) is 0 Å². The van der Waals surface area contributed by atoms with E-state index in [0.717, 1.165) is 19.3 Å². The number of nitrogens with zero attached hydrogens (tertiary/aromatic N) is 1. The van der Waals surface area contributed by atoms with E-state index in [4.69, 9.17) is 0 Å². The van der Waals surface area contributed by atoms with Crippen molar-refractivity contribution in [3.05, 3.63) is 18.3 Å². The molecule has 1 atom stereocenters. The molecule has 0 aliphatic rings. The predicted octanol–water partition coefficient (Wildman–Crippen LogP) is 3.01. The Bertz CT molecular complexity index is 529. The molecular formula is C15H27N3O2S. The quantitative estimate of drug-likeness (QED) is 0.735. The summed E-state index contributed by atoms with van der Waals surface area (Å²) in [6.45, 7) is 8.90. The first-order chi connectivity index (χ1) is 9.85. The monoisotopic (exact) mass is 313 g/mol. The molecule has 0 aliphatic heterocycles. The van der Waals surface area contributed by atoms with Crippen molar-refractivity contribution in [3.63, 3.8) is 0 Å². The van der Waals surface area contributed by atoms with Crippen molar-refractivity contribution < 1.29 is 8.42 Å². The molecule has 6 heteroatoms. The van der Waals surface area contributed by atoms with Crippen LogP contribution in [0.1, 0.15) is 47.0 Å². The molecule has 0 radical (unpaired) electrons. The Kier molecular flexibility index (Phi) is 7.11. The first-order valence-electron chi connectivity index (χ1n) is 7.57. The van der Waals surface area contributed by atoms with E-state index in [1.165, 1.54) is 12.3 Å². The smallest absolute Gasteiger partial charge is 0.240 e. The highest BCUT2D eigenvalue weighted by atomic mass is 32.2. The van der Waals surface area contributed by atoms with Crippen molar-refractivity contribution >= 4 is 15.8 Å². The van der Waals surface area contributed by atoms with Crippen molar-refractivity contribution in [3.8, 4) is 0 Å². The van der Waals surface area contributed by atoms with Crippen molar-refractivity contribution in [2.45, 2.75) is 57.9 Å². The van der Waals surface area contributed by atoms with Gasteiger partial charge in [0.25, 0.3) is 0 Å². The molecule has 1 heterocycles. The fourth-order valence-electron chi connectivity index (χ4n) is 2.08. The fourth-order valence-corrected chi connectivity index (χ4v) is 3.37. The summed E-state index contributed by atoms with van der Waals surface area (Å²) in [6.07, 6.45) is 4.50. The van der Waals surface area contributed by atoms with Crippen LogP contribution >= 0.6 is 0 Å². The summed E-state index contributed by atoms with van der Waals surface area (Å²) in [7, 11) is -3.48. The standard InChI is InChI=1S/C15H27N3O2S/c1-5-16-15-11-14(9-10-17-15)21(19,20)18-13(4)8-6-7-12(2)3/h9-13,18H,5-8H2,1-4H3,(H,16,17). The van der Waals surface area contributed by atoms with Gasteiger partial charge in [-0.3, -0.25) is 0 Å². The van der Waals surface area contributed by atoms with Gasteiger partial charge in [0.2, 0.25) is 10.0 Å². The minimum Gasteiger partial charge on any atom is -0.370 e. The second kappa shape index (κ2) is 8.34. The summed E-state index contributed by atoms with van der Waals surface area (Å²) in [5.74, 6) is 1.23. The van der Waals surface area contributed by atoms with Crippen LogP contribution in [0.15, 0.2) is 23.2 Å². The molecule has 0 bridgehead atoms. The first kappa shape index (κ1) is 17.9. The molecule has 1 rings (SSSR count). The second-order valence-corrected chi connectivity index (χ2v) is 7.47. The third-order valence-electron chi connectivity index (χ3n) is 3.17. The van der Waals surface area contributed by atoms with Crippen LogP contribution in [-0.2, 0) is 10.0 Å². The molecule has 0 saturated carbocycles. The predicted molar refractivity (Wildman–Crippen MR) is 86.9 cm³/mol. The largest absolute Gasteiger partial charge is 0.370 e. The van der Waals surface area contributed by atoms with E-state index >= 15 is 0 Å². The molecule has 5 nitrogen and oxygen atoms in total. The Morgan fingerprint density at radius 3 is 2.57 bits per heavy atom. The molecule has 0 aliphatic carbocycles. The average Bonchev–Trinajstić information content (AvgIpc) is 2.38. The van der Waals surface area contributed by atoms with Crippen LogP contribution in [0.4, 0.5) is 5.82 Å². The number of anilines is 1. The average molecular weight is 313 g/mol. The second-order valence-electron chi connectivity index (χ2n) is 5.75. The van der Waals surface area contributed by atoms with Crippen LogP contribution in [0.3, 0.4) is 0 Å². The molecule has 0 fully saturated rings. The Balaban J connectivity index is 2.66. The Morgan fingerprint density at radius 1 is 1.24 bits per heavy atom. The van der Waals surface area contributed by atoms with E-state index in [2.05, 4.69) is 28.9 Å². The molecular weight excluding hydrogens is 286 g/mol. The van der Waals surface area contributed by atoms with Gasteiger partial charge in [-0.1, -0.05) is 26.7 Å². The van der Waals surface area contributed by atoms with Crippen molar-refractivity contribution in [2.24, 2.45) is 5.92 Å². The maximum atomic E-state index is 12.3. The Labute approximate surface area is 128 Å². The van der Waals surface area contributed by atoms with Gasteiger partial charge in [0.05, 0.1) is 4.90 Å². The van der Waals surface area contributed by atoms with E-state index < -0.39 is 10.0 Å². The first-order valence-corrected chi connectivity index (χ1v) is 9.05. The Morgan fingerprint density at radius 2 is 1.95 bits per heavy atom. The third kappa shape index (κ3) is 6.44. The molecule has 0 aromatic carbocycles. The highest BCUT2D eigenvalue weighted by Crippen LogP contribution is 2.14. The normalized spacial score (nSPS) is 13.4. The number of nitrogens with one attached hydrogen (secondary N) is 2. The van der Waals surface area contributed by atoms with Crippen LogP contribution < -0.4 is 10.0 Å². The minimum absolute atomic E-state index is 0.0653. The van der Waals surface area contributed by atoms with Crippen LogP contribution in [0.5, 0.6) is 0 Å². The van der Waals surface area contributed by atoms with Crippen molar-refractivity contribution in [1.29, 1.82) is 0 Å². The maximum absolute atomic E-state index is 12.3. The summed E-state index contributed by atoms with van der Waals surface area (Å²) in [4.78, 5) is 4.34. The molecule has 1 aromatic heterocycles. The van der Waals surface area contributed by atoms with E-state index in [9.17, 15) is 8.42 Å². The van der Waals surface area contributed by atoms with Gasteiger partial charge in [-0.2, -0.15) is 0 Å². The molecule has 0 spiro atoms. The van der Waals surface area contributed by atoms with Crippen LogP contribution in [0, 0.1) is 5.92 Å². The lowest BCUT2D eigenvalue weighted by Crippen LogP contribution is -2.32. The van der Waals surface area contributed by atoms with Gasteiger partial charge in [-0.15, -0.1) is 0 Å². The van der Waals surface area contributed by atoms with E-state index in [1.807, 2.05) is 13.8 Å². The van der Waals surface area contributed by atoms with E-state index in [0.29, 0.717) is 18.3 Å². The number of aromatic nitrogens is 1. The number of hydrogen-bond acceptors (Lipinski definition) is 4. The maximum Gasteiger partial charge on any atom is 0.240 e.